The van der Waals surface area contributed by atoms with Crippen LogP contribution in [-0.2, 0) is 20.0 Å². The standard InChI is InChI=1S/C20H23N5O/c1-14-11-18(23-24(14)2)20(26)22-17-9-6-10-19-16(17)12-21-25(19)13-15-7-4-3-5-8-15/h3-5,7-8,11-12,17H,6,9-10,13H2,1-2H3,(H,22,26). The van der Waals surface area contributed by atoms with Crippen LogP contribution < -0.4 is 5.32 Å². The lowest BCUT2D eigenvalue weighted by atomic mass is 9.92. The molecule has 1 aliphatic rings. The number of aryl methyl sites for hydroxylation is 2. The number of hydrogen-bond donors (Lipinski definition) is 1. The van der Waals surface area contributed by atoms with Gasteiger partial charge >= 0.3 is 0 Å². The molecule has 0 bridgehead atoms. The van der Waals surface area contributed by atoms with E-state index >= 15 is 0 Å². The molecule has 1 N–H and O–H groups in total. The van der Waals surface area contributed by atoms with Gasteiger partial charge in [-0.3, -0.25) is 14.2 Å². The van der Waals surface area contributed by atoms with Crippen LogP contribution >= 0.6 is 0 Å². The van der Waals surface area contributed by atoms with Gasteiger partial charge in [0.05, 0.1) is 18.8 Å². The molecule has 0 spiro atoms. The molecule has 1 unspecified atom stereocenters. The van der Waals surface area contributed by atoms with E-state index in [0.717, 1.165) is 37.1 Å². The van der Waals surface area contributed by atoms with Crippen molar-refractivity contribution in [3.05, 3.63) is 70.8 Å². The molecule has 1 amide bonds. The third-order valence-electron chi connectivity index (χ3n) is 5.09. The van der Waals surface area contributed by atoms with Crippen LogP contribution in [-0.4, -0.2) is 25.5 Å². The van der Waals surface area contributed by atoms with E-state index in [0.29, 0.717) is 5.69 Å². The number of hydrogen-bond acceptors (Lipinski definition) is 3. The second-order valence-corrected chi connectivity index (χ2v) is 6.90. The predicted molar refractivity (Wildman–Crippen MR) is 98.9 cm³/mol. The zero-order valence-corrected chi connectivity index (χ0v) is 15.1. The second kappa shape index (κ2) is 6.78. The van der Waals surface area contributed by atoms with Crippen molar-refractivity contribution in [2.45, 2.75) is 38.8 Å². The number of nitrogens with one attached hydrogen (secondary N) is 1. The lowest BCUT2D eigenvalue weighted by molar-refractivity contribution is 0.0927. The van der Waals surface area contributed by atoms with Crippen LogP contribution in [0.2, 0.25) is 0 Å². The van der Waals surface area contributed by atoms with Crippen LogP contribution in [0.4, 0.5) is 0 Å². The van der Waals surface area contributed by atoms with E-state index in [-0.39, 0.29) is 11.9 Å². The van der Waals surface area contributed by atoms with Crippen LogP contribution in [0.1, 0.15) is 51.9 Å². The molecule has 26 heavy (non-hydrogen) atoms. The van der Waals surface area contributed by atoms with Crippen molar-refractivity contribution in [1.82, 2.24) is 24.9 Å². The van der Waals surface area contributed by atoms with Crippen LogP contribution in [0.3, 0.4) is 0 Å². The second-order valence-electron chi connectivity index (χ2n) is 6.90. The van der Waals surface area contributed by atoms with Crippen molar-refractivity contribution in [2.24, 2.45) is 7.05 Å². The summed E-state index contributed by atoms with van der Waals surface area (Å²) in [5, 5.41) is 12.0. The highest BCUT2D eigenvalue weighted by atomic mass is 16.2. The molecule has 1 atom stereocenters. The van der Waals surface area contributed by atoms with Crippen LogP contribution in [0.15, 0.2) is 42.6 Å². The molecule has 134 valence electrons. The number of rotatable bonds is 4. The summed E-state index contributed by atoms with van der Waals surface area (Å²) < 4.78 is 3.78. The molecule has 0 saturated carbocycles. The monoisotopic (exact) mass is 349 g/mol. The SMILES string of the molecule is Cc1cc(C(=O)NC2CCCc3c2cnn3Cc2ccccc2)nn1C. The Morgan fingerprint density at radius 2 is 2.12 bits per heavy atom. The zero-order valence-electron chi connectivity index (χ0n) is 15.1. The molecular weight excluding hydrogens is 326 g/mol. The average Bonchev–Trinajstić information content (AvgIpc) is 3.20. The van der Waals surface area contributed by atoms with Crippen molar-refractivity contribution >= 4 is 5.91 Å². The lowest BCUT2D eigenvalue weighted by Gasteiger charge is -2.24. The number of amides is 1. The molecule has 4 rings (SSSR count). The van der Waals surface area contributed by atoms with Crippen molar-refractivity contribution in [3.63, 3.8) is 0 Å². The fourth-order valence-corrected chi connectivity index (χ4v) is 3.57. The summed E-state index contributed by atoms with van der Waals surface area (Å²) in [6.07, 6.45) is 4.88. The first-order chi connectivity index (χ1) is 12.6. The van der Waals surface area contributed by atoms with Gasteiger partial charge in [0.1, 0.15) is 5.69 Å². The number of fused-ring (bicyclic) bond motifs is 1. The Morgan fingerprint density at radius 1 is 1.31 bits per heavy atom. The summed E-state index contributed by atoms with van der Waals surface area (Å²) in [5.74, 6) is -0.123. The Labute approximate surface area is 152 Å². The highest BCUT2D eigenvalue weighted by Gasteiger charge is 2.26. The molecule has 2 heterocycles. The number of nitrogens with zero attached hydrogens (tertiary/aromatic N) is 4. The molecule has 6 nitrogen and oxygen atoms in total. The van der Waals surface area contributed by atoms with Crippen molar-refractivity contribution in [2.75, 3.05) is 0 Å². The van der Waals surface area contributed by atoms with E-state index < -0.39 is 0 Å². The fraction of sp³-hybridized carbons (Fsp3) is 0.350. The number of aromatic nitrogens is 4. The number of benzene rings is 1. The third kappa shape index (κ3) is 3.14. The Morgan fingerprint density at radius 3 is 2.85 bits per heavy atom. The summed E-state index contributed by atoms with van der Waals surface area (Å²) in [6, 6.07) is 12.1. The van der Waals surface area contributed by atoms with E-state index in [1.165, 1.54) is 11.3 Å². The molecule has 0 radical (unpaired) electrons. The molecule has 1 aliphatic carbocycles. The summed E-state index contributed by atoms with van der Waals surface area (Å²) in [5.41, 5.74) is 5.02. The fourth-order valence-electron chi connectivity index (χ4n) is 3.57. The summed E-state index contributed by atoms with van der Waals surface area (Å²) in [6.45, 7) is 2.70. The van der Waals surface area contributed by atoms with Gasteiger partial charge in [-0.15, -0.1) is 0 Å². The highest BCUT2D eigenvalue weighted by Crippen LogP contribution is 2.30. The number of carbonyl (C=O) groups excluding carboxylic acids is 1. The van der Waals surface area contributed by atoms with Gasteiger partial charge in [-0.1, -0.05) is 30.3 Å². The molecular formula is C20H23N5O. The van der Waals surface area contributed by atoms with E-state index in [2.05, 4.69) is 32.3 Å². The Kier molecular flexibility index (Phi) is 4.32. The van der Waals surface area contributed by atoms with Crippen LogP contribution in [0, 0.1) is 6.92 Å². The summed E-state index contributed by atoms with van der Waals surface area (Å²) in [7, 11) is 1.85. The van der Waals surface area contributed by atoms with Gasteiger partial charge in [-0.05, 0) is 37.8 Å². The predicted octanol–water partition coefficient (Wildman–Crippen LogP) is 2.78. The molecule has 1 aromatic carbocycles. The molecule has 6 heteroatoms. The van der Waals surface area contributed by atoms with Gasteiger partial charge < -0.3 is 5.32 Å². The topological polar surface area (TPSA) is 64.7 Å². The highest BCUT2D eigenvalue weighted by molar-refractivity contribution is 5.92. The van der Waals surface area contributed by atoms with Gasteiger partial charge in [0, 0.05) is 24.0 Å². The molecule has 0 fully saturated rings. The minimum atomic E-state index is -0.123. The maximum atomic E-state index is 12.6. The Hall–Kier alpha value is -2.89. The van der Waals surface area contributed by atoms with Gasteiger partial charge in [-0.25, -0.2) is 0 Å². The first-order valence-corrected chi connectivity index (χ1v) is 9.02. The smallest absolute Gasteiger partial charge is 0.272 e. The maximum Gasteiger partial charge on any atom is 0.272 e. The normalized spacial score (nSPS) is 16.3. The maximum absolute atomic E-state index is 12.6. The van der Waals surface area contributed by atoms with Crippen molar-refractivity contribution < 1.29 is 4.79 Å². The average molecular weight is 349 g/mol. The first kappa shape index (κ1) is 16.6. The van der Waals surface area contributed by atoms with Crippen LogP contribution in [0.25, 0.3) is 0 Å². The molecule has 2 aromatic heterocycles. The third-order valence-corrected chi connectivity index (χ3v) is 5.09. The first-order valence-electron chi connectivity index (χ1n) is 9.02. The van der Waals surface area contributed by atoms with Crippen molar-refractivity contribution in [1.29, 1.82) is 0 Å². The van der Waals surface area contributed by atoms with Gasteiger partial charge in [-0.2, -0.15) is 10.2 Å². The van der Waals surface area contributed by atoms with E-state index in [4.69, 9.17) is 0 Å². The number of carbonyl (C=O) groups is 1. The Bertz CT molecular complexity index is 906. The Balaban J connectivity index is 1.53. The summed E-state index contributed by atoms with van der Waals surface area (Å²) >= 11 is 0. The summed E-state index contributed by atoms with van der Waals surface area (Å²) in [4.78, 5) is 12.6. The van der Waals surface area contributed by atoms with Crippen LogP contribution in [0.5, 0.6) is 0 Å². The van der Waals surface area contributed by atoms with E-state index in [1.807, 2.05) is 44.4 Å². The largest absolute Gasteiger partial charge is 0.344 e. The minimum Gasteiger partial charge on any atom is -0.344 e. The van der Waals surface area contributed by atoms with E-state index in [9.17, 15) is 4.79 Å². The van der Waals surface area contributed by atoms with Gasteiger partial charge in [0.25, 0.3) is 5.91 Å². The van der Waals surface area contributed by atoms with Gasteiger partial charge in [0.2, 0.25) is 0 Å². The van der Waals surface area contributed by atoms with E-state index in [1.54, 1.807) is 4.68 Å². The molecule has 0 aliphatic heterocycles. The zero-order chi connectivity index (χ0) is 18.1. The quantitative estimate of drug-likeness (QED) is 0.788. The minimum absolute atomic E-state index is 0.00177. The van der Waals surface area contributed by atoms with Gasteiger partial charge in [0.15, 0.2) is 0 Å². The lowest BCUT2D eigenvalue weighted by Crippen LogP contribution is -2.31. The molecule has 0 saturated heterocycles. The molecule has 3 aromatic rings. The van der Waals surface area contributed by atoms with Crippen molar-refractivity contribution in [3.8, 4) is 0 Å².